The number of amides is 1. The van der Waals surface area contributed by atoms with Crippen molar-refractivity contribution in [2.24, 2.45) is 0 Å². The summed E-state index contributed by atoms with van der Waals surface area (Å²) in [5.74, 6) is 0.286. The molecule has 128 valence electrons. The van der Waals surface area contributed by atoms with Crippen molar-refractivity contribution < 1.29 is 23.4 Å². The number of aliphatic hydroxyl groups is 1. The van der Waals surface area contributed by atoms with Crippen LogP contribution in [-0.2, 0) is 11.3 Å². The quantitative estimate of drug-likeness (QED) is 0.821. The molecule has 2 N–H and O–H groups in total. The Kier molecular flexibility index (Phi) is 5.78. The second kappa shape index (κ2) is 7.42. The zero-order valence-corrected chi connectivity index (χ0v) is 13.4. The molecular weight excluding hydrogens is 330 g/mol. The fourth-order valence-corrected chi connectivity index (χ4v) is 2.74. The predicted molar refractivity (Wildman–Crippen MR) is 81.9 cm³/mol. The molecule has 1 fully saturated rings. The number of methoxy groups -OCH3 is 1. The van der Waals surface area contributed by atoms with E-state index >= 15 is 0 Å². The van der Waals surface area contributed by atoms with Gasteiger partial charge >= 0.3 is 0 Å². The van der Waals surface area contributed by atoms with Crippen LogP contribution in [0.25, 0.3) is 0 Å². The summed E-state index contributed by atoms with van der Waals surface area (Å²) in [5.41, 5.74) is -1.30. The number of alkyl halides is 2. The molecule has 0 saturated carbocycles. The van der Waals surface area contributed by atoms with Crippen LogP contribution >= 0.6 is 11.6 Å². The normalized spacial score (nSPS) is 21.7. The second-order valence-corrected chi connectivity index (χ2v) is 6.03. The van der Waals surface area contributed by atoms with Crippen LogP contribution < -0.4 is 10.1 Å². The van der Waals surface area contributed by atoms with Crippen LogP contribution in [0.1, 0.15) is 12.0 Å². The molecule has 1 atom stereocenters. The molecule has 0 aliphatic carbocycles. The molecule has 0 aromatic heterocycles. The molecule has 0 radical (unpaired) electrons. The highest BCUT2D eigenvalue weighted by Gasteiger charge is 2.44. The standard InChI is InChI=1S/C15H19ClF2N2O3/c1-23-12-3-2-11(16)6-10(12)7-19-13(21)8-20-5-4-15(22,9-20)14(17)18/h2-3,6,14,22H,4-5,7-9H2,1H3,(H,19,21). The summed E-state index contributed by atoms with van der Waals surface area (Å²) in [6, 6.07) is 5.07. The lowest BCUT2D eigenvalue weighted by Crippen LogP contribution is -2.42. The predicted octanol–water partition coefficient (Wildman–Crippen LogP) is 1.67. The van der Waals surface area contributed by atoms with Crippen molar-refractivity contribution in [1.29, 1.82) is 0 Å². The van der Waals surface area contributed by atoms with Crippen LogP contribution in [0.3, 0.4) is 0 Å². The van der Waals surface area contributed by atoms with Crippen molar-refractivity contribution in [3.8, 4) is 5.75 Å². The highest BCUT2D eigenvalue weighted by Crippen LogP contribution is 2.27. The Morgan fingerprint density at radius 1 is 1.57 bits per heavy atom. The average molecular weight is 349 g/mol. The number of hydrogen-bond acceptors (Lipinski definition) is 4. The molecule has 0 spiro atoms. The Morgan fingerprint density at radius 2 is 2.30 bits per heavy atom. The first-order valence-corrected chi connectivity index (χ1v) is 7.54. The third-order valence-electron chi connectivity index (χ3n) is 3.85. The molecule has 5 nitrogen and oxygen atoms in total. The molecule has 1 amide bonds. The minimum Gasteiger partial charge on any atom is -0.496 e. The Morgan fingerprint density at radius 3 is 2.91 bits per heavy atom. The number of nitrogens with zero attached hydrogens (tertiary/aromatic N) is 1. The summed E-state index contributed by atoms with van der Waals surface area (Å²) >= 11 is 5.91. The van der Waals surface area contributed by atoms with E-state index in [-0.39, 0.29) is 38.5 Å². The highest BCUT2D eigenvalue weighted by atomic mass is 35.5. The topological polar surface area (TPSA) is 61.8 Å². The zero-order chi connectivity index (χ0) is 17.0. The van der Waals surface area contributed by atoms with Gasteiger partial charge in [-0.3, -0.25) is 9.69 Å². The Balaban J connectivity index is 1.86. The number of nitrogens with one attached hydrogen (secondary N) is 1. The number of hydrogen-bond donors (Lipinski definition) is 2. The number of carbonyl (C=O) groups is 1. The molecule has 1 aliphatic heterocycles. The largest absolute Gasteiger partial charge is 0.496 e. The number of carbonyl (C=O) groups excluding carboxylic acids is 1. The van der Waals surface area contributed by atoms with Gasteiger partial charge in [0, 0.05) is 30.2 Å². The van der Waals surface area contributed by atoms with Crippen molar-refractivity contribution in [2.45, 2.75) is 25.0 Å². The van der Waals surface area contributed by atoms with Gasteiger partial charge in [0.05, 0.1) is 13.7 Å². The first kappa shape index (κ1) is 17.9. The van der Waals surface area contributed by atoms with E-state index in [2.05, 4.69) is 5.32 Å². The van der Waals surface area contributed by atoms with E-state index < -0.39 is 12.0 Å². The maximum Gasteiger partial charge on any atom is 0.268 e. The van der Waals surface area contributed by atoms with E-state index in [0.717, 1.165) is 5.56 Å². The van der Waals surface area contributed by atoms with Gasteiger partial charge in [-0.05, 0) is 24.6 Å². The molecular formula is C15H19ClF2N2O3. The molecule has 1 unspecified atom stereocenters. The molecule has 1 aromatic rings. The van der Waals surface area contributed by atoms with Gasteiger partial charge in [0.2, 0.25) is 5.91 Å². The van der Waals surface area contributed by atoms with E-state index in [1.165, 1.54) is 12.0 Å². The van der Waals surface area contributed by atoms with Gasteiger partial charge < -0.3 is 15.2 Å². The van der Waals surface area contributed by atoms with Gasteiger partial charge in [-0.2, -0.15) is 0 Å². The summed E-state index contributed by atoms with van der Waals surface area (Å²) in [7, 11) is 1.52. The third-order valence-corrected chi connectivity index (χ3v) is 4.09. The third kappa shape index (κ3) is 4.53. The van der Waals surface area contributed by atoms with Gasteiger partial charge in [0.15, 0.2) is 0 Å². The molecule has 2 rings (SSSR count). The number of ether oxygens (including phenoxy) is 1. The van der Waals surface area contributed by atoms with Crippen molar-refractivity contribution in [3.63, 3.8) is 0 Å². The minimum atomic E-state index is -2.81. The van der Waals surface area contributed by atoms with Crippen LogP contribution in [0.15, 0.2) is 18.2 Å². The number of benzene rings is 1. The van der Waals surface area contributed by atoms with Crippen LogP contribution in [0.2, 0.25) is 5.02 Å². The fourth-order valence-electron chi connectivity index (χ4n) is 2.55. The molecule has 1 aromatic carbocycles. The van der Waals surface area contributed by atoms with Gasteiger partial charge in [-0.25, -0.2) is 8.78 Å². The van der Waals surface area contributed by atoms with Crippen LogP contribution in [-0.4, -0.2) is 54.7 Å². The van der Waals surface area contributed by atoms with Gasteiger partial charge in [0.25, 0.3) is 6.43 Å². The SMILES string of the molecule is COc1ccc(Cl)cc1CNC(=O)CN1CCC(O)(C(F)F)C1. The number of rotatable bonds is 6. The number of halogens is 3. The molecule has 1 saturated heterocycles. The average Bonchev–Trinajstić information content (AvgIpc) is 2.88. The molecule has 1 heterocycles. The van der Waals surface area contributed by atoms with Crippen molar-refractivity contribution in [1.82, 2.24) is 10.2 Å². The molecule has 23 heavy (non-hydrogen) atoms. The lowest BCUT2D eigenvalue weighted by atomic mass is 10.1. The van der Waals surface area contributed by atoms with Crippen molar-refractivity contribution in [3.05, 3.63) is 28.8 Å². The summed E-state index contributed by atoms with van der Waals surface area (Å²) in [6.45, 7) is 0.223. The zero-order valence-electron chi connectivity index (χ0n) is 12.7. The van der Waals surface area contributed by atoms with Crippen LogP contribution in [0.4, 0.5) is 8.78 Å². The summed E-state index contributed by atoms with van der Waals surface area (Å²) in [6.07, 6.45) is -2.86. The number of likely N-dealkylation sites (tertiary alicyclic amines) is 1. The van der Waals surface area contributed by atoms with Crippen LogP contribution in [0.5, 0.6) is 5.75 Å². The minimum absolute atomic E-state index is 0.0416. The Labute approximate surface area is 138 Å². The van der Waals surface area contributed by atoms with Crippen LogP contribution in [0, 0.1) is 0 Å². The molecule has 1 aliphatic rings. The van der Waals surface area contributed by atoms with E-state index in [1.807, 2.05) is 0 Å². The Hall–Kier alpha value is -1.44. The van der Waals surface area contributed by atoms with Gasteiger partial charge in [0.1, 0.15) is 11.4 Å². The maximum absolute atomic E-state index is 12.7. The lowest BCUT2D eigenvalue weighted by molar-refractivity contribution is -0.123. The smallest absolute Gasteiger partial charge is 0.268 e. The highest BCUT2D eigenvalue weighted by molar-refractivity contribution is 6.30. The summed E-state index contributed by atoms with van der Waals surface area (Å²) < 4.78 is 30.6. The monoisotopic (exact) mass is 348 g/mol. The summed E-state index contributed by atoms with van der Waals surface area (Å²) in [5, 5.41) is 12.9. The first-order valence-electron chi connectivity index (χ1n) is 7.16. The Bertz CT molecular complexity index is 574. The molecule has 0 bridgehead atoms. The number of β-amino-alcohol motifs (C(OH)–C–C–N with tert-alkyl or cyclic N) is 1. The van der Waals surface area contributed by atoms with E-state index in [0.29, 0.717) is 10.8 Å². The van der Waals surface area contributed by atoms with Crippen molar-refractivity contribution in [2.75, 3.05) is 26.7 Å². The maximum atomic E-state index is 12.7. The van der Waals surface area contributed by atoms with E-state index in [4.69, 9.17) is 16.3 Å². The molecule has 8 heteroatoms. The first-order chi connectivity index (χ1) is 10.8. The van der Waals surface area contributed by atoms with Crippen molar-refractivity contribution >= 4 is 17.5 Å². The summed E-state index contributed by atoms with van der Waals surface area (Å²) in [4.78, 5) is 13.5. The second-order valence-electron chi connectivity index (χ2n) is 5.60. The van der Waals surface area contributed by atoms with E-state index in [9.17, 15) is 18.7 Å². The van der Waals surface area contributed by atoms with Gasteiger partial charge in [-0.1, -0.05) is 11.6 Å². The lowest BCUT2D eigenvalue weighted by Gasteiger charge is -2.22. The van der Waals surface area contributed by atoms with E-state index in [1.54, 1.807) is 18.2 Å². The fraction of sp³-hybridized carbons (Fsp3) is 0.533. The van der Waals surface area contributed by atoms with Gasteiger partial charge in [-0.15, -0.1) is 0 Å².